The summed E-state index contributed by atoms with van der Waals surface area (Å²) < 4.78 is 0. The van der Waals surface area contributed by atoms with Gasteiger partial charge in [0.1, 0.15) is 0 Å². The van der Waals surface area contributed by atoms with Crippen molar-refractivity contribution < 1.29 is 0 Å². The fourth-order valence-corrected chi connectivity index (χ4v) is 2.17. The lowest BCUT2D eigenvalue weighted by Crippen LogP contribution is -2.26. The minimum Gasteiger partial charge on any atom is -0.324 e. The van der Waals surface area contributed by atoms with E-state index >= 15 is 0 Å². The lowest BCUT2D eigenvalue weighted by Gasteiger charge is -2.31. The summed E-state index contributed by atoms with van der Waals surface area (Å²) in [7, 11) is 0. The van der Waals surface area contributed by atoms with Crippen LogP contribution in [0, 0.1) is 5.92 Å². The smallest absolute Gasteiger partial charge is 0.0323 e. The van der Waals surface area contributed by atoms with E-state index in [-0.39, 0.29) is 6.04 Å². The summed E-state index contributed by atoms with van der Waals surface area (Å²) in [5, 5.41) is 0. The summed E-state index contributed by atoms with van der Waals surface area (Å²) in [5.41, 5.74) is 8.94. The maximum absolute atomic E-state index is 6.23. The average molecular weight is 203 g/mol. The van der Waals surface area contributed by atoms with Crippen molar-refractivity contribution in [2.75, 3.05) is 0 Å². The Balaban J connectivity index is 2.08. The molecule has 0 spiro atoms. The van der Waals surface area contributed by atoms with Crippen molar-refractivity contribution in [2.24, 2.45) is 11.7 Å². The van der Waals surface area contributed by atoms with E-state index in [4.69, 9.17) is 5.73 Å². The van der Waals surface area contributed by atoms with E-state index in [0.717, 1.165) is 5.92 Å². The van der Waals surface area contributed by atoms with E-state index in [2.05, 4.69) is 38.1 Å². The summed E-state index contributed by atoms with van der Waals surface area (Å²) in [6, 6.07) is 9.12. The molecule has 0 aliphatic heterocycles. The van der Waals surface area contributed by atoms with Crippen LogP contribution in [0.25, 0.3) is 0 Å². The number of nitrogens with two attached hydrogens (primary N) is 1. The van der Waals surface area contributed by atoms with Gasteiger partial charge < -0.3 is 5.73 Å². The number of hydrogen-bond acceptors (Lipinski definition) is 1. The molecule has 1 aliphatic carbocycles. The third-order valence-electron chi connectivity index (χ3n) is 3.65. The third-order valence-corrected chi connectivity index (χ3v) is 3.65. The first-order valence-electron chi connectivity index (χ1n) is 6.04. The standard InChI is InChI=1S/C14H21N/c1-10(2)11-6-8-13(9-7-11)14(15)12-4-3-5-12/h6-10,12,14H,3-5,15H2,1-2H3. The van der Waals surface area contributed by atoms with Crippen molar-refractivity contribution in [3.63, 3.8) is 0 Å². The van der Waals surface area contributed by atoms with Crippen molar-refractivity contribution in [2.45, 2.75) is 45.1 Å². The van der Waals surface area contributed by atoms with Gasteiger partial charge in [-0.3, -0.25) is 0 Å². The molecule has 1 fully saturated rings. The molecule has 1 heteroatoms. The van der Waals surface area contributed by atoms with Gasteiger partial charge in [0, 0.05) is 6.04 Å². The Labute approximate surface area is 92.7 Å². The Morgan fingerprint density at radius 1 is 1.07 bits per heavy atom. The molecule has 15 heavy (non-hydrogen) atoms. The molecule has 1 saturated carbocycles. The molecule has 0 saturated heterocycles. The number of rotatable bonds is 3. The normalized spacial score (nSPS) is 18.9. The monoisotopic (exact) mass is 203 g/mol. The van der Waals surface area contributed by atoms with E-state index in [0.29, 0.717) is 5.92 Å². The summed E-state index contributed by atoms with van der Waals surface area (Å²) in [5.74, 6) is 1.34. The van der Waals surface area contributed by atoms with Gasteiger partial charge in [0.2, 0.25) is 0 Å². The maximum atomic E-state index is 6.23. The lowest BCUT2D eigenvalue weighted by atomic mass is 9.77. The van der Waals surface area contributed by atoms with Gasteiger partial charge >= 0.3 is 0 Å². The highest BCUT2D eigenvalue weighted by atomic mass is 14.7. The van der Waals surface area contributed by atoms with Crippen LogP contribution in [-0.4, -0.2) is 0 Å². The first-order valence-corrected chi connectivity index (χ1v) is 6.04. The zero-order valence-electron chi connectivity index (χ0n) is 9.74. The maximum Gasteiger partial charge on any atom is 0.0323 e. The van der Waals surface area contributed by atoms with Gasteiger partial charge in [-0.25, -0.2) is 0 Å². The minimum absolute atomic E-state index is 0.264. The van der Waals surface area contributed by atoms with Crippen LogP contribution in [-0.2, 0) is 0 Å². The van der Waals surface area contributed by atoms with E-state index < -0.39 is 0 Å². The Hall–Kier alpha value is -0.820. The molecule has 1 atom stereocenters. The predicted molar refractivity (Wildman–Crippen MR) is 64.8 cm³/mol. The Morgan fingerprint density at radius 3 is 2.00 bits per heavy atom. The van der Waals surface area contributed by atoms with Gasteiger partial charge in [0.05, 0.1) is 0 Å². The fourth-order valence-electron chi connectivity index (χ4n) is 2.17. The molecule has 1 unspecified atom stereocenters. The van der Waals surface area contributed by atoms with Crippen LogP contribution < -0.4 is 5.73 Å². The Morgan fingerprint density at radius 2 is 1.60 bits per heavy atom. The second kappa shape index (κ2) is 4.36. The van der Waals surface area contributed by atoms with E-state index in [9.17, 15) is 0 Å². The summed E-state index contributed by atoms with van der Waals surface area (Å²) >= 11 is 0. The van der Waals surface area contributed by atoms with Crippen LogP contribution in [0.1, 0.15) is 56.2 Å². The van der Waals surface area contributed by atoms with Crippen LogP contribution >= 0.6 is 0 Å². The Kier molecular flexibility index (Phi) is 3.11. The molecule has 82 valence electrons. The first kappa shape index (κ1) is 10.7. The molecule has 2 N–H and O–H groups in total. The highest BCUT2D eigenvalue weighted by Gasteiger charge is 2.25. The lowest BCUT2D eigenvalue weighted by molar-refractivity contribution is 0.264. The van der Waals surface area contributed by atoms with Crippen molar-refractivity contribution in [3.8, 4) is 0 Å². The molecule has 1 aromatic rings. The third kappa shape index (κ3) is 2.23. The van der Waals surface area contributed by atoms with E-state index in [1.54, 1.807) is 0 Å². The topological polar surface area (TPSA) is 26.0 Å². The van der Waals surface area contributed by atoms with Crippen molar-refractivity contribution in [3.05, 3.63) is 35.4 Å². The first-order chi connectivity index (χ1) is 7.18. The zero-order valence-corrected chi connectivity index (χ0v) is 9.74. The van der Waals surface area contributed by atoms with Crippen LogP contribution in [0.4, 0.5) is 0 Å². The largest absolute Gasteiger partial charge is 0.324 e. The second-order valence-corrected chi connectivity index (χ2v) is 5.04. The van der Waals surface area contributed by atoms with Gasteiger partial charge in [0.25, 0.3) is 0 Å². The molecule has 1 aliphatic rings. The van der Waals surface area contributed by atoms with Crippen molar-refractivity contribution >= 4 is 0 Å². The van der Waals surface area contributed by atoms with Crippen LogP contribution in [0.15, 0.2) is 24.3 Å². The van der Waals surface area contributed by atoms with Gasteiger partial charge in [-0.2, -0.15) is 0 Å². The Bertz CT molecular complexity index is 309. The molecule has 2 rings (SSSR count). The molecule has 0 amide bonds. The van der Waals surface area contributed by atoms with E-state index in [1.807, 2.05) is 0 Å². The average Bonchev–Trinajstić information content (AvgIpc) is 2.15. The van der Waals surface area contributed by atoms with Gasteiger partial charge in [0.15, 0.2) is 0 Å². The van der Waals surface area contributed by atoms with Gasteiger partial charge in [-0.1, -0.05) is 44.5 Å². The molecule has 0 radical (unpaired) electrons. The zero-order chi connectivity index (χ0) is 10.8. The highest BCUT2D eigenvalue weighted by Crippen LogP contribution is 2.36. The van der Waals surface area contributed by atoms with Crippen molar-refractivity contribution in [1.29, 1.82) is 0 Å². The summed E-state index contributed by atoms with van der Waals surface area (Å²) in [4.78, 5) is 0. The van der Waals surface area contributed by atoms with Gasteiger partial charge in [-0.05, 0) is 35.8 Å². The fraction of sp³-hybridized carbons (Fsp3) is 0.571. The summed E-state index contributed by atoms with van der Waals surface area (Å²) in [6.45, 7) is 4.45. The second-order valence-electron chi connectivity index (χ2n) is 5.04. The molecule has 1 nitrogen and oxygen atoms in total. The quantitative estimate of drug-likeness (QED) is 0.798. The number of benzene rings is 1. The SMILES string of the molecule is CC(C)c1ccc(C(N)C2CCC2)cc1. The summed E-state index contributed by atoms with van der Waals surface area (Å²) in [6.07, 6.45) is 3.99. The highest BCUT2D eigenvalue weighted by molar-refractivity contribution is 5.27. The molecular weight excluding hydrogens is 182 g/mol. The van der Waals surface area contributed by atoms with E-state index in [1.165, 1.54) is 30.4 Å². The minimum atomic E-state index is 0.264. The molecule has 0 bridgehead atoms. The molecular formula is C14H21N. The molecule has 0 aromatic heterocycles. The predicted octanol–water partition coefficient (Wildman–Crippen LogP) is 3.61. The number of hydrogen-bond donors (Lipinski definition) is 1. The molecule has 1 aromatic carbocycles. The van der Waals surface area contributed by atoms with Crippen LogP contribution in [0.3, 0.4) is 0 Å². The van der Waals surface area contributed by atoms with Crippen LogP contribution in [0.5, 0.6) is 0 Å². The molecule has 0 heterocycles. The van der Waals surface area contributed by atoms with Crippen LogP contribution in [0.2, 0.25) is 0 Å². The van der Waals surface area contributed by atoms with Crippen molar-refractivity contribution in [1.82, 2.24) is 0 Å². The van der Waals surface area contributed by atoms with Gasteiger partial charge in [-0.15, -0.1) is 0 Å².